The normalized spacial score (nSPS) is 12.7. The van der Waals surface area contributed by atoms with Crippen LogP contribution in [0.2, 0.25) is 0 Å². The summed E-state index contributed by atoms with van der Waals surface area (Å²) >= 11 is 0. The Balaban J connectivity index is 4.43. The number of hydrogen-bond acceptors (Lipinski definition) is 6. The third-order valence-corrected chi connectivity index (χ3v) is 9.91. The minimum absolute atomic E-state index is 0.0918. The van der Waals surface area contributed by atoms with Gasteiger partial charge in [-0.2, -0.15) is 0 Å². The van der Waals surface area contributed by atoms with E-state index in [1.165, 1.54) is 64.2 Å². The molecule has 1 atom stereocenters. The van der Waals surface area contributed by atoms with Crippen molar-refractivity contribution in [1.82, 2.24) is 0 Å². The molecule has 0 saturated heterocycles. The third kappa shape index (κ3) is 44.0. The highest BCUT2D eigenvalue weighted by atomic mass is 16.6. The highest BCUT2D eigenvalue weighted by molar-refractivity contribution is 5.71. The summed E-state index contributed by atoms with van der Waals surface area (Å²) in [6.45, 7) is 6.41. The second-order valence-electron chi connectivity index (χ2n) is 15.6. The van der Waals surface area contributed by atoms with E-state index in [-0.39, 0.29) is 31.1 Å². The summed E-state index contributed by atoms with van der Waals surface area (Å²) in [5.74, 6) is -0.938. The molecule has 0 aromatic heterocycles. The number of carbonyl (C=O) groups is 3. The largest absolute Gasteiger partial charge is 0.462 e. The van der Waals surface area contributed by atoms with Crippen molar-refractivity contribution in [3.8, 4) is 0 Å². The molecule has 6 heteroatoms. The zero-order valence-corrected chi connectivity index (χ0v) is 37.8. The number of unbranched alkanes of at least 4 members (excludes halogenated alkanes) is 19. The molecule has 0 radical (unpaired) electrons. The van der Waals surface area contributed by atoms with Gasteiger partial charge < -0.3 is 14.2 Å². The molecule has 0 aliphatic heterocycles. The number of esters is 3. The van der Waals surface area contributed by atoms with Gasteiger partial charge in [0.05, 0.1) is 0 Å². The standard InChI is InChI=1S/C52H88O6/c1-4-7-10-13-16-19-22-24-25-26-27-28-31-33-36-39-42-45-51(54)57-48-49(47-56-50(53)44-41-38-35-32-29-21-18-15-12-9-6-3)58-52(55)46-43-40-37-34-30-23-20-17-14-11-8-5-2/h7,10,15-20,24-25,27-28,49H,4-6,8-9,11-14,21-23,26,29-48H2,1-3H3/b10-7-,18-15-,19-16-,20-17-,25-24-,28-27-. The molecule has 0 aromatic rings. The van der Waals surface area contributed by atoms with Gasteiger partial charge in [-0.15, -0.1) is 0 Å². The summed E-state index contributed by atoms with van der Waals surface area (Å²) in [5, 5.41) is 0. The van der Waals surface area contributed by atoms with Crippen LogP contribution in [0.4, 0.5) is 0 Å². The van der Waals surface area contributed by atoms with Crippen LogP contribution in [0, 0.1) is 0 Å². The van der Waals surface area contributed by atoms with Gasteiger partial charge in [0.25, 0.3) is 0 Å². The van der Waals surface area contributed by atoms with E-state index in [9.17, 15) is 14.4 Å². The smallest absolute Gasteiger partial charge is 0.306 e. The van der Waals surface area contributed by atoms with Crippen LogP contribution in [-0.4, -0.2) is 37.2 Å². The van der Waals surface area contributed by atoms with Crippen molar-refractivity contribution in [2.45, 2.75) is 226 Å². The minimum Gasteiger partial charge on any atom is -0.462 e. The van der Waals surface area contributed by atoms with E-state index in [0.717, 1.165) is 116 Å². The summed E-state index contributed by atoms with van der Waals surface area (Å²) in [6, 6.07) is 0. The summed E-state index contributed by atoms with van der Waals surface area (Å²) in [6.07, 6.45) is 57.4. The molecule has 58 heavy (non-hydrogen) atoms. The first kappa shape index (κ1) is 54.9. The van der Waals surface area contributed by atoms with Gasteiger partial charge >= 0.3 is 17.9 Å². The number of rotatable bonds is 42. The fourth-order valence-corrected chi connectivity index (χ4v) is 6.29. The molecular formula is C52H88O6. The van der Waals surface area contributed by atoms with Crippen LogP contribution < -0.4 is 0 Å². The Morgan fingerprint density at radius 1 is 0.362 bits per heavy atom. The van der Waals surface area contributed by atoms with Crippen molar-refractivity contribution in [1.29, 1.82) is 0 Å². The molecule has 0 saturated carbocycles. The highest BCUT2D eigenvalue weighted by Gasteiger charge is 2.19. The van der Waals surface area contributed by atoms with Crippen molar-refractivity contribution >= 4 is 17.9 Å². The lowest BCUT2D eigenvalue weighted by Gasteiger charge is -2.18. The third-order valence-electron chi connectivity index (χ3n) is 9.91. The Bertz CT molecular complexity index is 1110. The van der Waals surface area contributed by atoms with Gasteiger partial charge in [0.15, 0.2) is 6.10 Å². The maximum absolute atomic E-state index is 12.7. The van der Waals surface area contributed by atoms with E-state index in [4.69, 9.17) is 14.2 Å². The van der Waals surface area contributed by atoms with E-state index in [0.29, 0.717) is 19.3 Å². The zero-order valence-electron chi connectivity index (χ0n) is 37.8. The second-order valence-corrected chi connectivity index (χ2v) is 15.6. The van der Waals surface area contributed by atoms with Crippen LogP contribution in [0.25, 0.3) is 0 Å². The maximum atomic E-state index is 12.7. The Morgan fingerprint density at radius 3 is 1.12 bits per heavy atom. The molecule has 0 heterocycles. The molecule has 1 unspecified atom stereocenters. The minimum atomic E-state index is -0.791. The van der Waals surface area contributed by atoms with E-state index in [2.05, 4.69) is 93.7 Å². The average molecular weight is 809 g/mol. The average Bonchev–Trinajstić information content (AvgIpc) is 3.22. The fourth-order valence-electron chi connectivity index (χ4n) is 6.29. The molecule has 0 aliphatic carbocycles. The van der Waals surface area contributed by atoms with Crippen molar-refractivity contribution in [2.75, 3.05) is 13.2 Å². The van der Waals surface area contributed by atoms with Gasteiger partial charge in [0.2, 0.25) is 0 Å². The molecular weight excluding hydrogens is 721 g/mol. The van der Waals surface area contributed by atoms with Gasteiger partial charge in [-0.3, -0.25) is 14.4 Å². The van der Waals surface area contributed by atoms with Gasteiger partial charge in [-0.1, -0.05) is 171 Å². The number of allylic oxidation sites excluding steroid dienone is 12. The molecule has 0 spiro atoms. The summed E-state index contributed by atoms with van der Waals surface area (Å²) in [4.78, 5) is 37.8. The Labute approximate surface area is 357 Å². The Hall–Kier alpha value is -3.15. The number of carbonyl (C=O) groups excluding carboxylic acids is 3. The Kier molecular flexibility index (Phi) is 44.0. The predicted molar refractivity (Wildman–Crippen MR) is 247 cm³/mol. The quantitative estimate of drug-likeness (QED) is 0.0264. The van der Waals surface area contributed by atoms with Crippen molar-refractivity contribution in [3.05, 3.63) is 72.9 Å². The summed E-state index contributed by atoms with van der Waals surface area (Å²) in [7, 11) is 0. The van der Waals surface area contributed by atoms with E-state index in [1.807, 2.05) is 0 Å². The summed E-state index contributed by atoms with van der Waals surface area (Å²) in [5.41, 5.74) is 0. The molecule has 6 nitrogen and oxygen atoms in total. The van der Waals surface area contributed by atoms with E-state index >= 15 is 0 Å². The molecule has 0 amide bonds. The molecule has 0 rings (SSSR count). The van der Waals surface area contributed by atoms with Gasteiger partial charge in [0.1, 0.15) is 13.2 Å². The lowest BCUT2D eigenvalue weighted by atomic mass is 10.1. The van der Waals surface area contributed by atoms with Gasteiger partial charge in [-0.05, 0) is 103 Å². The van der Waals surface area contributed by atoms with Crippen LogP contribution in [0.3, 0.4) is 0 Å². The second kappa shape index (κ2) is 46.5. The van der Waals surface area contributed by atoms with Gasteiger partial charge in [-0.25, -0.2) is 0 Å². The summed E-state index contributed by atoms with van der Waals surface area (Å²) < 4.78 is 16.7. The first-order chi connectivity index (χ1) is 28.5. The molecule has 0 aliphatic rings. The van der Waals surface area contributed by atoms with Crippen LogP contribution in [0.15, 0.2) is 72.9 Å². The van der Waals surface area contributed by atoms with Crippen LogP contribution in [0.5, 0.6) is 0 Å². The fraction of sp³-hybridized carbons (Fsp3) is 0.712. The monoisotopic (exact) mass is 809 g/mol. The van der Waals surface area contributed by atoms with Crippen molar-refractivity contribution in [3.63, 3.8) is 0 Å². The van der Waals surface area contributed by atoms with E-state index in [1.54, 1.807) is 0 Å². The van der Waals surface area contributed by atoms with Gasteiger partial charge in [0, 0.05) is 19.3 Å². The SMILES string of the molecule is CC/C=C\C/C=C\C/C=C\C/C=C\CCCCCCC(=O)OCC(COC(=O)CCCCCCC/C=C\CCCC)OC(=O)CCCCCCC/C=C\CCCCC. The molecule has 0 bridgehead atoms. The molecule has 0 fully saturated rings. The first-order valence-electron chi connectivity index (χ1n) is 23.9. The molecule has 332 valence electrons. The maximum Gasteiger partial charge on any atom is 0.306 e. The predicted octanol–water partition coefficient (Wildman–Crippen LogP) is 15.5. The van der Waals surface area contributed by atoms with Crippen LogP contribution >= 0.6 is 0 Å². The van der Waals surface area contributed by atoms with Crippen molar-refractivity contribution in [2.24, 2.45) is 0 Å². The lowest BCUT2D eigenvalue weighted by molar-refractivity contribution is -0.167. The lowest BCUT2D eigenvalue weighted by Crippen LogP contribution is -2.30. The number of ether oxygens (including phenoxy) is 3. The Morgan fingerprint density at radius 2 is 0.690 bits per heavy atom. The zero-order chi connectivity index (χ0) is 42.3. The van der Waals surface area contributed by atoms with Crippen molar-refractivity contribution < 1.29 is 28.6 Å². The van der Waals surface area contributed by atoms with E-state index < -0.39 is 6.10 Å². The topological polar surface area (TPSA) is 78.9 Å². The highest BCUT2D eigenvalue weighted by Crippen LogP contribution is 2.13. The molecule has 0 aromatic carbocycles. The van der Waals surface area contributed by atoms with Crippen LogP contribution in [-0.2, 0) is 28.6 Å². The number of hydrogen-bond donors (Lipinski definition) is 0. The molecule has 0 N–H and O–H groups in total. The van der Waals surface area contributed by atoms with Crippen LogP contribution in [0.1, 0.15) is 220 Å². The first-order valence-corrected chi connectivity index (χ1v) is 23.9.